The molecule has 2 aliphatic heterocycles. The largest absolute Gasteiger partial charge is 0.462 e. The number of carbonyl (C=O) groups is 1. The molecule has 2 aromatic heterocycles. The van der Waals surface area contributed by atoms with E-state index in [1.54, 1.807) is 18.3 Å². The SMILES string of the molecule is O=C(NCCOc1nc(N2CC3CCC(C2)N3)c2cnc(-c3cccc4cccc(Cl)c34)c(F)c2n1)c1ccc(S(=O)(=O)F)cc1. The number of anilines is 1. The van der Waals surface area contributed by atoms with Crippen LogP contribution in [0.4, 0.5) is 14.1 Å². The lowest BCUT2D eigenvalue weighted by Gasteiger charge is -2.34. The van der Waals surface area contributed by atoms with Gasteiger partial charge in [-0.25, -0.2) is 4.39 Å². The number of nitrogens with one attached hydrogen (secondary N) is 2. The van der Waals surface area contributed by atoms with Gasteiger partial charge in [0.15, 0.2) is 5.82 Å². The average Bonchev–Trinajstić information content (AvgIpc) is 3.39. The number of carbonyl (C=O) groups excluding carboxylic acids is 1. The van der Waals surface area contributed by atoms with Crippen LogP contribution in [0.1, 0.15) is 23.2 Å². The summed E-state index contributed by atoms with van der Waals surface area (Å²) in [5.74, 6) is -0.638. The standard InChI is InChI=1S/C32H27ClF2N6O4S/c33-25-6-2-4-18-3-1-5-23(26(18)25)28-27(34)29-24(15-37-28)30(41-16-20-9-10-21(17-41)38-20)40-32(39-29)45-14-13-36-31(42)19-7-11-22(12-8-19)46(35,43)44/h1-8,11-12,15,20-21,38H,9-10,13-14,16-17H2,(H,36,42). The van der Waals surface area contributed by atoms with Crippen LogP contribution in [-0.2, 0) is 10.2 Å². The number of halogens is 3. The summed E-state index contributed by atoms with van der Waals surface area (Å²) in [7, 11) is -4.87. The smallest absolute Gasteiger partial charge is 0.332 e. The van der Waals surface area contributed by atoms with Gasteiger partial charge in [0, 0.05) is 52.9 Å². The summed E-state index contributed by atoms with van der Waals surface area (Å²) in [6.07, 6.45) is 3.67. The van der Waals surface area contributed by atoms with Crippen molar-refractivity contribution in [2.24, 2.45) is 0 Å². The highest BCUT2D eigenvalue weighted by Crippen LogP contribution is 2.38. The third-order valence-electron chi connectivity index (χ3n) is 8.29. The van der Waals surface area contributed by atoms with Gasteiger partial charge in [0.25, 0.3) is 5.91 Å². The fourth-order valence-corrected chi connectivity index (χ4v) is 6.90. The number of piperazine rings is 1. The molecule has 2 atom stereocenters. The topological polar surface area (TPSA) is 126 Å². The van der Waals surface area contributed by atoms with E-state index in [2.05, 4.69) is 30.5 Å². The number of hydrogen-bond donors (Lipinski definition) is 2. The molecule has 2 aliphatic rings. The third kappa shape index (κ3) is 5.81. The number of amides is 1. The Hall–Kier alpha value is -4.46. The fourth-order valence-electron chi connectivity index (χ4n) is 6.16. The molecule has 0 radical (unpaired) electrons. The maximum Gasteiger partial charge on any atom is 0.332 e. The molecule has 0 aliphatic carbocycles. The molecule has 4 heterocycles. The van der Waals surface area contributed by atoms with Crippen LogP contribution in [0.15, 0.2) is 71.8 Å². The first-order valence-corrected chi connectivity index (χ1v) is 16.4. The van der Waals surface area contributed by atoms with Gasteiger partial charge in [-0.2, -0.15) is 18.4 Å². The number of hydrogen-bond acceptors (Lipinski definition) is 9. The quantitative estimate of drug-likeness (QED) is 0.173. The van der Waals surface area contributed by atoms with Crippen LogP contribution >= 0.6 is 11.6 Å². The van der Waals surface area contributed by atoms with E-state index < -0.39 is 26.8 Å². The van der Waals surface area contributed by atoms with E-state index in [0.717, 1.165) is 30.4 Å². The average molecular weight is 665 g/mol. The molecule has 0 spiro atoms. The first-order chi connectivity index (χ1) is 22.2. The summed E-state index contributed by atoms with van der Waals surface area (Å²) < 4.78 is 57.6. The van der Waals surface area contributed by atoms with Crippen molar-refractivity contribution in [1.29, 1.82) is 0 Å². The van der Waals surface area contributed by atoms with Crippen molar-refractivity contribution in [2.75, 3.05) is 31.1 Å². The second-order valence-electron chi connectivity index (χ2n) is 11.3. The first-order valence-electron chi connectivity index (χ1n) is 14.7. The van der Waals surface area contributed by atoms with Crippen molar-refractivity contribution in [3.8, 4) is 17.3 Å². The molecular formula is C32H27ClF2N6O4S. The molecule has 2 saturated heterocycles. The number of rotatable bonds is 8. The molecule has 5 aromatic rings. The van der Waals surface area contributed by atoms with Gasteiger partial charge in [-0.05, 0) is 48.6 Å². The molecule has 2 fully saturated rings. The van der Waals surface area contributed by atoms with Crippen LogP contribution in [0, 0.1) is 5.82 Å². The Bertz CT molecular complexity index is 2080. The molecule has 2 N–H and O–H groups in total. The van der Waals surface area contributed by atoms with Crippen molar-refractivity contribution in [3.63, 3.8) is 0 Å². The molecular weight excluding hydrogens is 638 g/mol. The maximum atomic E-state index is 16.5. The minimum Gasteiger partial charge on any atom is -0.462 e. The van der Waals surface area contributed by atoms with Crippen molar-refractivity contribution in [1.82, 2.24) is 25.6 Å². The van der Waals surface area contributed by atoms with Gasteiger partial charge in [0.1, 0.15) is 23.6 Å². The summed E-state index contributed by atoms with van der Waals surface area (Å²) >= 11 is 6.55. The lowest BCUT2D eigenvalue weighted by molar-refractivity contribution is 0.0946. The van der Waals surface area contributed by atoms with E-state index in [1.165, 1.54) is 12.1 Å². The molecule has 3 aromatic carbocycles. The summed E-state index contributed by atoms with van der Waals surface area (Å²) in [4.78, 5) is 27.8. The van der Waals surface area contributed by atoms with Crippen LogP contribution in [0.5, 0.6) is 6.01 Å². The van der Waals surface area contributed by atoms with Crippen molar-refractivity contribution >= 4 is 55.2 Å². The van der Waals surface area contributed by atoms with E-state index in [1.807, 2.05) is 24.3 Å². The highest BCUT2D eigenvalue weighted by molar-refractivity contribution is 7.86. The predicted octanol–water partition coefficient (Wildman–Crippen LogP) is 5.05. The van der Waals surface area contributed by atoms with Crippen LogP contribution < -0.4 is 20.3 Å². The molecule has 0 saturated carbocycles. The number of nitrogens with zero attached hydrogens (tertiary/aromatic N) is 4. The van der Waals surface area contributed by atoms with Crippen molar-refractivity contribution in [3.05, 3.63) is 83.3 Å². The summed E-state index contributed by atoms with van der Waals surface area (Å²) in [6, 6.07) is 15.9. The first kappa shape index (κ1) is 30.2. The van der Waals surface area contributed by atoms with E-state index in [0.29, 0.717) is 40.3 Å². The fraction of sp³-hybridized carbons (Fsp3) is 0.250. The van der Waals surface area contributed by atoms with Crippen molar-refractivity contribution in [2.45, 2.75) is 29.8 Å². The summed E-state index contributed by atoms with van der Waals surface area (Å²) in [5.41, 5.74) is 0.818. The van der Waals surface area contributed by atoms with Gasteiger partial charge in [0.2, 0.25) is 0 Å². The van der Waals surface area contributed by atoms with Gasteiger partial charge in [-0.1, -0.05) is 41.9 Å². The monoisotopic (exact) mass is 664 g/mol. The number of pyridine rings is 1. The molecule has 10 nitrogen and oxygen atoms in total. The minimum absolute atomic E-state index is 0.0368. The number of aromatic nitrogens is 3. The third-order valence-corrected chi connectivity index (χ3v) is 9.44. The predicted molar refractivity (Wildman–Crippen MR) is 170 cm³/mol. The highest BCUT2D eigenvalue weighted by atomic mass is 35.5. The zero-order chi connectivity index (χ0) is 32.0. The van der Waals surface area contributed by atoms with Gasteiger partial charge < -0.3 is 20.3 Å². The molecule has 7 rings (SSSR count). The molecule has 46 heavy (non-hydrogen) atoms. The Morgan fingerprint density at radius 2 is 1.76 bits per heavy atom. The minimum atomic E-state index is -4.87. The van der Waals surface area contributed by atoms with Gasteiger partial charge in [-0.15, -0.1) is 3.89 Å². The Labute approximate surface area is 268 Å². The van der Waals surface area contributed by atoms with Gasteiger partial charge in [0.05, 0.1) is 16.8 Å². The van der Waals surface area contributed by atoms with Crippen LogP contribution in [0.25, 0.3) is 32.9 Å². The maximum absolute atomic E-state index is 16.5. The number of benzene rings is 3. The molecule has 2 bridgehead atoms. The van der Waals surface area contributed by atoms with E-state index >= 15 is 4.39 Å². The van der Waals surface area contributed by atoms with Gasteiger partial charge in [-0.3, -0.25) is 9.78 Å². The Morgan fingerprint density at radius 1 is 1.04 bits per heavy atom. The van der Waals surface area contributed by atoms with Crippen LogP contribution in [0.2, 0.25) is 5.02 Å². The van der Waals surface area contributed by atoms with Crippen molar-refractivity contribution < 1.29 is 26.2 Å². The zero-order valence-electron chi connectivity index (χ0n) is 24.2. The van der Waals surface area contributed by atoms with E-state index in [4.69, 9.17) is 16.3 Å². The second-order valence-corrected chi connectivity index (χ2v) is 13.0. The van der Waals surface area contributed by atoms with E-state index in [-0.39, 0.29) is 48.0 Å². The lowest BCUT2D eigenvalue weighted by Crippen LogP contribution is -2.51. The summed E-state index contributed by atoms with van der Waals surface area (Å²) in [5, 5.41) is 8.69. The number of fused-ring (bicyclic) bond motifs is 4. The highest BCUT2D eigenvalue weighted by Gasteiger charge is 2.34. The van der Waals surface area contributed by atoms with Crippen LogP contribution in [-0.4, -0.2) is 67.6 Å². The molecule has 1 amide bonds. The Morgan fingerprint density at radius 3 is 2.48 bits per heavy atom. The number of ether oxygens (including phenoxy) is 1. The normalized spacial score (nSPS) is 17.8. The Kier molecular flexibility index (Phi) is 7.91. The molecule has 14 heteroatoms. The molecule has 2 unspecified atom stereocenters. The van der Waals surface area contributed by atoms with Crippen LogP contribution in [0.3, 0.4) is 0 Å². The Balaban J connectivity index is 1.19. The summed E-state index contributed by atoms with van der Waals surface area (Å²) in [6.45, 7) is 1.36. The zero-order valence-corrected chi connectivity index (χ0v) is 25.8. The van der Waals surface area contributed by atoms with Gasteiger partial charge >= 0.3 is 16.2 Å². The second kappa shape index (κ2) is 12.0. The van der Waals surface area contributed by atoms with E-state index in [9.17, 15) is 17.1 Å². The lowest BCUT2D eigenvalue weighted by atomic mass is 10.0. The molecule has 236 valence electrons.